The molecule has 3 aromatic carbocycles. The molecule has 0 fully saturated rings. The summed E-state index contributed by atoms with van der Waals surface area (Å²) in [5.74, 6) is 2.82. The van der Waals surface area contributed by atoms with Gasteiger partial charge in [0.05, 0.1) is 7.11 Å². The Balaban J connectivity index is 1.25. The van der Waals surface area contributed by atoms with Gasteiger partial charge in [-0.05, 0) is 60.4 Å². The molecule has 0 atom stereocenters. The molecule has 2 heterocycles. The van der Waals surface area contributed by atoms with Crippen molar-refractivity contribution >= 4 is 16.9 Å². The minimum absolute atomic E-state index is 0.174. The molecule has 0 saturated heterocycles. The number of aromatic amines is 2. The lowest BCUT2D eigenvalue weighted by atomic mass is 10.0. The zero-order chi connectivity index (χ0) is 24.0. The Morgan fingerprint density at radius 3 is 2.69 bits per heavy atom. The number of nitrogens with one attached hydrogen (secondary N) is 2. The number of H-pyrrole nitrogens is 2. The van der Waals surface area contributed by atoms with Gasteiger partial charge in [0.2, 0.25) is 0 Å². The molecular weight excluding hydrogens is 440 g/mol. The molecule has 0 aliphatic carbocycles. The van der Waals surface area contributed by atoms with E-state index in [1.54, 1.807) is 0 Å². The first-order valence-electron chi connectivity index (χ1n) is 11.6. The van der Waals surface area contributed by atoms with E-state index in [1.165, 1.54) is 12.7 Å². The lowest BCUT2D eigenvalue weighted by molar-refractivity contribution is -0.140. The van der Waals surface area contributed by atoms with Gasteiger partial charge in [0.1, 0.15) is 17.3 Å². The van der Waals surface area contributed by atoms with Crippen LogP contribution in [0.1, 0.15) is 29.8 Å². The second-order valence-electron chi connectivity index (χ2n) is 8.40. The minimum Gasteiger partial charge on any atom is -0.469 e. The first-order chi connectivity index (χ1) is 17.2. The molecule has 0 bridgehead atoms. The highest BCUT2D eigenvalue weighted by atomic mass is 16.5. The van der Waals surface area contributed by atoms with Gasteiger partial charge in [0, 0.05) is 35.5 Å². The summed E-state index contributed by atoms with van der Waals surface area (Å²) in [4.78, 5) is 17.8. The number of hydrogen-bond acceptors (Lipinski definition) is 5. The number of benzene rings is 3. The number of aryl methyl sites for hydroxylation is 1. The van der Waals surface area contributed by atoms with Crippen molar-refractivity contribution in [2.24, 2.45) is 0 Å². The van der Waals surface area contributed by atoms with Gasteiger partial charge in [-0.3, -0.25) is 4.79 Å². The van der Waals surface area contributed by atoms with Gasteiger partial charge in [-0.15, -0.1) is 10.2 Å². The maximum atomic E-state index is 11.3. The van der Waals surface area contributed by atoms with Crippen molar-refractivity contribution in [3.8, 4) is 22.9 Å². The quantitative estimate of drug-likeness (QED) is 0.267. The summed E-state index contributed by atoms with van der Waals surface area (Å²) in [7, 11) is 1.42. The number of methoxy groups -OCH3 is 1. The standard InChI is InChI=1S/C28H26N4O3/c1-34-27(33)10-3-6-19-5-2-7-20(15-19)16-26-30-28(32-31-26)22-8-4-9-23(18-22)35-24-11-12-25-21(17-24)13-14-29-25/h2,4-5,7-9,11-15,17-18,29H,3,6,10,16H2,1H3,(H,30,31,32). The van der Waals surface area contributed by atoms with E-state index in [1.807, 2.05) is 60.8 Å². The van der Waals surface area contributed by atoms with Crippen molar-refractivity contribution in [2.75, 3.05) is 7.11 Å². The molecule has 7 heteroatoms. The van der Waals surface area contributed by atoms with Crippen LogP contribution in [-0.2, 0) is 22.4 Å². The van der Waals surface area contributed by atoms with E-state index < -0.39 is 0 Å². The van der Waals surface area contributed by atoms with Crippen molar-refractivity contribution in [3.63, 3.8) is 0 Å². The van der Waals surface area contributed by atoms with Gasteiger partial charge in [-0.1, -0.05) is 36.4 Å². The van der Waals surface area contributed by atoms with Crippen molar-refractivity contribution in [3.05, 3.63) is 95.9 Å². The van der Waals surface area contributed by atoms with Crippen LogP contribution in [0.5, 0.6) is 11.5 Å². The molecule has 0 spiro atoms. The third-order valence-electron chi connectivity index (χ3n) is 5.84. The fraction of sp³-hybridized carbons (Fsp3) is 0.179. The van der Waals surface area contributed by atoms with E-state index in [9.17, 15) is 4.79 Å². The number of aromatic nitrogens is 4. The monoisotopic (exact) mass is 466 g/mol. The SMILES string of the molecule is COC(=O)CCCc1cccc(Cc2nnc(-c3cccc(Oc4ccc5[nH]ccc5c4)c3)[nH]2)c1. The maximum absolute atomic E-state index is 11.3. The first-order valence-corrected chi connectivity index (χ1v) is 11.6. The van der Waals surface area contributed by atoms with Crippen LogP contribution in [0.2, 0.25) is 0 Å². The van der Waals surface area contributed by atoms with Gasteiger partial charge in [0.15, 0.2) is 5.82 Å². The summed E-state index contributed by atoms with van der Waals surface area (Å²) >= 11 is 0. The van der Waals surface area contributed by atoms with Crippen LogP contribution in [0, 0.1) is 0 Å². The molecular formula is C28H26N4O3. The summed E-state index contributed by atoms with van der Waals surface area (Å²) in [6.07, 6.45) is 4.58. The van der Waals surface area contributed by atoms with Crippen molar-refractivity contribution in [1.29, 1.82) is 0 Å². The highest BCUT2D eigenvalue weighted by molar-refractivity contribution is 5.80. The number of rotatable bonds is 9. The molecule has 5 rings (SSSR count). The normalized spacial score (nSPS) is 11.0. The molecule has 2 aromatic heterocycles. The molecule has 7 nitrogen and oxygen atoms in total. The molecule has 176 valence electrons. The van der Waals surface area contributed by atoms with E-state index in [-0.39, 0.29) is 5.97 Å². The number of nitrogens with zero attached hydrogens (tertiary/aromatic N) is 2. The van der Waals surface area contributed by atoms with Crippen molar-refractivity contribution < 1.29 is 14.3 Å². The van der Waals surface area contributed by atoms with Crippen LogP contribution < -0.4 is 4.74 Å². The van der Waals surface area contributed by atoms with Crippen LogP contribution in [-0.4, -0.2) is 33.2 Å². The smallest absolute Gasteiger partial charge is 0.305 e. The first kappa shape index (κ1) is 22.4. The van der Waals surface area contributed by atoms with Gasteiger partial charge < -0.3 is 19.4 Å². The lowest BCUT2D eigenvalue weighted by Crippen LogP contribution is -2.00. The number of ether oxygens (including phenoxy) is 2. The predicted molar refractivity (Wildman–Crippen MR) is 134 cm³/mol. The zero-order valence-electron chi connectivity index (χ0n) is 19.5. The molecule has 0 aliphatic rings. The second-order valence-corrected chi connectivity index (χ2v) is 8.40. The van der Waals surface area contributed by atoms with Crippen molar-refractivity contribution in [1.82, 2.24) is 20.2 Å². The molecule has 0 radical (unpaired) electrons. The Labute approximate surface area is 203 Å². The molecule has 5 aromatic rings. The Morgan fingerprint density at radius 1 is 0.914 bits per heavy atom. The number of carbonyl (C=O) groups excluding carboxylic acids is 1. The molecule has 0 amide bonds. The van der Waals surface area contributed by atoms with Crippen LogP contribution in [0.4, 0.5) is 0 Å². The van der Waals surface area contributed by atoms with E-state index in [2.05, 4.69) is 38.4 Å². The molecule has 35 heavy (non-hydrogen) atoms. The molecule has 0 saturated carbocycles. The zero-order valence-corrected chi connectivity index (χ0v) is 19.5. The van der Waals surface area contributed by atoms with Gasteiger partial charge >= 0.3 is 5.97 Å². The summed E-state index contributed by atoms with van der Waals surface area (Å²) in [6.45, 7) is 0. The Hall–Kier alpha value is -4.39. The Bertz CT molecular complexity index is 1450. The van der Waals surface area contributed by atoms with E-state index >= 15 is 0 Å². The van der Waals surface area contributed by atoms with Gasteiger partial charge in [0.25, 0.3) is 0 Å². The number of esters is 1. The van der Waals surface area contributed by atoms with E-state index in [4.69, 9.17) is 9.47 Å². The predicted octanol–water partition coefficient (Wildman–Crippen LogP) is 5.83. The third kappa shape index (κ3) is 5.58. The van der Waals surface area contributed by atoms with E-state index in [0.29, 0.717) is 18.7 Å². The van der Waals surface area contributed by atoms with E-state index in [0.717, 1.165) is 52.2 Å². The second kappa shape index (κ2) is 10.3. The van der Waals surface area contributed by atoms with Crippen LogP contribution in [0.3, 0.4) is 0 Å². The largest absolute Gasteiger partial charge is 0.469 e. The maximum Gasteiger partial charge on any atom is 0.305 e. The fourth-order valence-corrected chi connectivity index (χ4v) is 4.07. The van der Waals surface area contributed by atoms with Gasteiger partial charge in [-0.2, -0.15) is 0 Å². The summed E-state index contributed by atoms with van der Waals surface area (Å²) < 4.78 is 10.8. The average molecular weight is 467 g/mol. The van der Waals surface area contributed by atoms with Crippen LogP contribution >= 0.6 is 0 Å². The molecule has 0 unspecified atom stereocenters. The average Bonchev–Trinajstić information content (AvgIpc) is 3.54. The summed E-state index contributed by atoms with van der Waals surface area (Å²) in [5.41, 5.74) is 4.31. The van der Waals surface area contributed by atoms with Crippen LogP contribution in [0.25, 0.3) is 22.3 Å². The minimum atomic E-state index is -0.174. The summed E-state index contributed by atoms with van der Waals surface area (Å²) in [6, 6.07) is 24.1. The highest BCUT2D eigenvalue weighted by Gasteiger charge is 2.09. The number of carbonyl (C=O) groups is 1. The molecule has 2 N–H and O–H groups in total. The highest BCUT2D eigenvalue weighted by Crippen LogP contribution is 2.28. The Kier molecular flexibility index (Phi) is 6.57. The fourth-order valence-electron chi connectivity index (χ4n) is 4.07. The summed E-state index contributed by atoms with van der Waals surface area (Å²) in [5, 5.41) is 9.80. The lowest BCUT2D eigenvalue weighted by Gasteiger charge is -2.07. The number of fused-ring (bicyclic) bond motifs is 1. The van der Waals surface area contributed by atoms with Crippen LogP contribution in [0.15, 0.2) is 79.0 Å². The Morgan fingerprint density at radius 2 is 1.77 bits per heavy atom. The number of hydrogen-bond donors (Lipinski definition) is 2. The van der Waals surface area contributed by atoms with Gasteiger partial charge in [-0.25, -0.2) is 0 Å². The third-order valence-corrected chi connectivity index (χ3v) is 5.84. The van der Waals surface area contributed by atoms with Crippen molar-refractivity contribution in [2.45, 2.75) is 25.7 Å². The molecule has 0 aliphatic heterocycles. The topological polar surface area (TPSA) is 92.9 Å².